The topological polar surface area (TPSA) is 85.8 Å². The quantitative estimate of drug-likeness (QED) is 0.776. The molecule has 0 unspecified atom stereocenters. The Kier molecular flexibility index (Phi) is 7.38. The number of carbonyl (C=O) groups is 2. The summed E-state index contributed by atoms with van der Waals surface area (Å²) in [4.78, 5) is 32.0. The van der Waals surface area contributed by atoms with Gasteiger partial charge in [0.25, 0.3) is 0 Å². The van der Waals surface area contributed by atoms with E-state index in [-0.39, 0.29) is 18.5 Å². The van der Waals surface area contributed by atoms with Crippen molar-refractivity contribution in [1.82, 2.24) is 20.1 Å². The predicted octanol–water partition coefficient (Wildman–Crippen LogP) is 2.11. The highest BCUT2D eigenvalue weighted by Crippen LogP contribution is 2.12. The van der Waals surface area contributed by atoms with Gasteiger partial charge in [-0.05, 0) is 30.9 Å². The van der Waals surface area contributed by atoms with Crippen molar-refractivity contribution in [3.8, 4) is 0 Å². The summed E-state index contributed by atoms with van der Waals surface area (Å²) in [5.41, 5.74) is 2.25. The number of nitrogens with zero attached hydrogens (tertiary/aromatic N) is 3. The van der Waals surface area contributed by atoms with Crippen LogP contribution in [0.2, 0.25) is 0 Å². The predicted molar refractivity (Wildman–Crippen MR) is 99.9 cm³/mol. The lowest BCUT2D eigenvalue weighted by atomic mass is 10.0. The molecule has 144 valence electrons. The van der Waals surface area contributed by atoms with E-state index < -0.39 is 5.97 Å². The van der Waals surface area contributed by atoms with E-state index in [9.17, 15) is 9.59 Å². The molecule has 26 heavy (non-hydrogen) atoms. The van der Waals surface area contributed by atoms with Crippen LogP contribution in [0.25, 0.3) is 0 Å². The number of amides is 2. The maximum Gasteiger partial charge on any atom is 0.317 e. The number of carboxylic acids is 1. The van der Waals surface area contributed by atoms with Gasteiger partial charge < -0.3 is 15.3 Å². The highest BCUT2D eigenvalue weighted by molar-refractivity contribution is 5.76. The van der Waals surface area contributed by atoms with Gasteiger partial charge in [-0.25, -0.2) is 4.79 Å². The number of aliphatic carboxylic acids is 1. The Morgan fingerprint density at radius 3 is 2.54 bits per heavy atom. The average Bonchev–Trinajstić information content (AvgIpc) is 2.56. The molecule has 0 spiro atoms. The fraction of sp³-hybridized carbons (Fsp3) is 0.632. The number of piperazine rings is 1. The van der Waals surface area contributed by atoms with E-state index in [0.29, 0.717) is 25.4 Å². The zero-order chi connectivity index (χ0) is 19.1. The van der Waals surface area contributed by atoms with Crippen LogP contribution in [0, 0.1) is 12.8 Å². The van der Waals surface area contributed by atoms with E-state index in [1.165, 1.54) is 5.56 Å². The van der Waals surface area contributed by atoms with Crippen LogP contribution in [0.5, 0.6) is 0 Å². The normalized spacial score (nSPS) is 16.5. The van der Waals surface area contributed by atoms with Gasteiger partial charge in [-0.15, -0.1) is 0 Å². The summed E-state index contributed by atoms with van der Waals surface area (Å²) < 4.78 is 0. The van der Waals surface area contributed by atoms with Crippen LogP contribution >= 0.6 is 0 Å². The number of carbonyl (C=O) groups excluding carboxylic acids is 1. The Hall–Kier alpha value is -2.15. The number of pyridine rings is 1. The molecule has 1 aliphatic rings. The van der Waals surface area contributed by atoms with Gasteiger partial charge in [0.2, 0.25) is 0 Å². The molecule has 1 aliphatic heterocycles. The first-order valence-corrected chi connectivity index (χ1v) is 9.25. The Bertz CT molecular complexity index is 613. The Morgan fingerprint density at radius 2 is 1.96 bits per heavy atom. The first-order chi connectivity index (χ1) is 12.3. The average molecular weight is 362 g/mol. The van der Waals surface area contributed by atoms with Gasteiger partial charge in [0.05, 0.1) is 12.1 Å². The van der Waals surface area contributed by atoms with Crippen LogP contribution in [0.4, 0.5) is 4.79 Å². The third-order valence-corrected chi connectivity index (χ3v) is 4.66. The highest BCUT2D eigenvalue weighted by Gasteiger charge is 2.24. The number of nitrogens with one attached hydrogen (secondary N) is 1. The maximum atomic E-state index is 12.5. The second kappa shape index (κ2) is 9.52. The summed E-state index contributed by atoms with van der Waals surface area (Å²) in [6.45, 7) is 9.76. The van der Waals surface area contributed by atoms with Gasteiger partial charge in [-0.1, -0.05) is 19.9 Å². The molecule has 1 atom stereocenters. The SMILES string of the molecule is Cc1cccnc1CN1CCN(C(=O)N[C@@H](CC(=O)O)CC(C)C)CC1. The molecule has 7 nitrogen and oxygen atoms in total. The van der Waals surface area contributed by atoms with Crippen molar-refractivity contribution in [2.75, 3.05) is 26.2 Å². The Labute approximate surface area is 155 Å². The smallest absolute Gasteiger partial charge is 0.317 e. The lowest BCUT2D eigenvalue weighted by Gasteiger charge is -2.35. The number of carboxylic acid groups (broad SMARTS) is 1. The summed E-state index contributed by atoms with van der Waals surface area (Å²) in [6, 6.07) is 3.51. The van der Waals surface area contributed by atoms with Crippen molar-refractivity contribution in [3.05, 3.63) is 29.6 Å². The second-order valence-corrected chi connectivity index (χ2v) is 7.40. The van der Waals surface area contributed by atoms with Crippen LogP contribution in [0.1, 0.15) is 37.9 Å². The standard InChI is InChI=1S/C19H30N4O3/c1-14(2)11-16(12-18(24)25)21-19(26)23-9-7-22(8-10-23)13-17-15(3)5-4-6-20-17/h4-6,14,16H,7-13H2,1-3H3,(H,21,26)(H,24,25)/t16-/m1/s1. The van der Waals surface area contributed by atoms with E-state index in [4.69, 9.17) is 5.11 Å². The minimum atomic E-state index is -0.883. The summed E-state index contributed by atoms with van der Waals surface area (Å²) >= 11 is 0. The maximum absolute atomic E-state index is 12.5. The molecule has 1 saturated heterocycles. The number of aromatic nitrogens is 1. The number of hydrogen-bond acceptors (Lipinski definition) is 4. The lowest BCUT2D eigenvalue weighted by Crippen LogP contribution is -2.53. The molecule has 0 bridgehead atoms. The molecule has 7 heteroatoms. The fourth-order valence-electron chi connectivity index (χ4n) is 3.24. The van der Waals surface area contributed by atoms with Crippen LogP contribution < -0.4 is 5.32 Å². The molecule has 2 rings (SSSR count). The van der Waals surface area contributed by atoms with Gasteiger partial charge in [-0.2, -0.15) is 0 Å². The molecule has 2 amide bonds. The van der Waals surface area contributed by atoms with Gasteiger partial charge in [0.15, 0.2) is 0 Å². The Balaban J connectivity index is 1.83. The second-order valence-electron chi connectivity index (χ2n) is 7.40. The van der Waals surface area contributed by atoms with Crippen molar-refractivity contribution in [2.24, 2.45) is 5.92 Å². The summed E-state index contributed by atoms with van der Waals surface area (Å²) in [7, 11) is 0. The summed E-state index contributed by atoms with van der Waals surface area (Å²) in [5, 5.41) is 11.9. The minimum absolute atomic E-state index is 0.0389. The molecular formula is C19H30N4O3. The molecule has 0 saturated carbocycles. The number of urea groups is 1. The van der Waals surface area contributed by atoms with Crippen LogP contribution in [-0.2, 0) is 11.3 Å². The first-order valence-electron chi connectivity index (χ1n) is 9.25. The molecule has 2 heterocycles. The van der Waals surface area contributed by atoms with Crippen LogP contribution in [-0.4, -0.2) is 64.1 Å². The number of rotatable bonds is 7. The van der Waals surface area contributed by atoms with Crippen molar-refractivity contribution in [2.45, 2.75) is 46.2 Å². The molecule has 0 radical (unpaired) electrons. The van der Waals surface area contributed by atoms with Gasteiger partial charge in [0.1, 0.15) is 0 Å². The largest absolute Gasteiger partial charge is 0.481 e. The molecule has 1 fully saturated rings. The van der Waals surface area contributed by atoms with Crippen molar-refractivity contribution < 1.29 is 14.7 Å². The molecule has 0 aromatic carbocycles. The van der Waals surface area contributed by atoms with E-state index in [1.54, 1.807) is 4.90 Å². The van der Waals surface area contributed by atoms with E-state index in [1.807, 2.05) is 26.1 Å². The van der Waals surface area contributed by atoms with Gasteiger partial charge in [-0.3, -0.25) is 14.7 Å². The molecule has 1 aromatic heterocycles. The summed E-state index contributed by atoms with van der Waals surface area (Å²) in [5.74, 6) is -0.551. The van der Waals surface area contributed by atoms with E-state index in [0.717, 1.165) is 25.3 Å². The van der Waals surface area contributed by atoms with E-state index >= 15 is 0 Å². The number of hydrogen-bond donors (Lipinski definition) is 2. The lowest BCUT2D eigenvalue weighted by molar-refractivity contribution is -0.137. The van der Waals surface area contributed by atoms with Gasteiger partial charge in [0, 0.05) is 45.0 Å². The molecule has 2 N–H and O–H groups in total. The van der Waals surface area contributed by atoms with Crippen molar-refractivity contribution >= 4 is 12.0 Å². The third-order valence-electron chi connectivity index (χ3n) is 4.66. The fourth-order valence-corrected chi connectivity index (χ4v) is 3.24. The highest BCUT2D eigenvalue weighted by atomic mass is 16.4. The first kappa shape index (κ1) is 20.2. The monoisotopic (exact) mass is 362 g/mol. The molecule has 1 aromatic rings. The van der Waals surface area contributed by atoms with Crippen molar-refractivity contribution in [3.63, 3.8) is 0 Å². The van der Waals surface area contributed by atoms with Crippen LogP contribution in [0.15, 0.2) is 18.3 Å². The zero-order valence-electron chi connectivity index (χ0n) is 15.9. The van der Waals surface area contributed by atoms with Crippen LogP contribution in [0.3, 0.4) is 0 Å². The van der Waals surface area contributed by atoms with Gasteiger partial charge >= 0.3 is 12.0 Å². The minimum Gasteiger partial charge on any atom is -0.481 e. The third kappa shape index (κ3) is 6.29. The Morgan fingerprint density at radius 1 is 1.27 bits per heavy atom. The number of aryl methyl sites for hydroxylation is 1. The van der Waals surface area contributed by atoms with Crippen molar-refractivity contribution in [1.29, 1.82) is 0 Å². The zero-order valence-corrected chi connectivity index (χ0v) is 15.9. The molecular weight excluding hydrogens is 332 g/mol. The molecule has 0 aliphatic carbocycles. The van der Waals surface area contributed by atoms with E-state index in [2.05, 4.69) is 28.2 Å². The summed E-state index contributed by atoms with van der Waals surface area (Å²) in [6.07, 6.45) is 2.43.